The Labute approximate surface area is 125 Å². The smallest absolute Gasteiger partial charge is 0.176 e. The summed E-state index contributed by atoms with van der Waals surface area (Å²) in [4.78, 5) is 14.2. The van der Waals surface area contributed by atoms with E-state index in [0.29, 0.717) is 18.7 Å². The number of anilines is 1. The van der Waals surface area contributed by atoms with Crippen LogP contribution in [0.25, 0.3) is 0 Å². The highest BCUT2D eigenvalue weighted by Gasteiger charge is 2.19. The fourth-order valence-electron chi connectivity index (χ4n) is 2.40. The number of nitrogens with one attached hydrogen (secondary N) is 1. The number of ether oxygens (including phenoxy) is 1. The van der Waals surface area contributed by atoms with Gasteiger partial charge in [-0.3, -0.25) is 9.69 Å². The topological polar surface area (TPSA) is 61.8 Å². The van der Waals surface area contributed by atoms with Gasteiger partial charge < -0.3 is 15.2 Å². The van der Waals surface area contributed by atoms with Gasteiger partial charge in [-0.2, -0.15) is 0 Å². The molecule has 0 aliphatic carbocycles. The number of benzene rings is 1. The van der Waals surface area contributed by atoms with Crippen LogP contribution in [-0.4, -0.2) is 54.7 Å². The summed E-state index contributed by atoms with van der Waals surface area (Å²) >= 11 is 0. The fourth-order valence-corrected chi connectivity index (χ4v) is 2.40. The predicted octanol–water partition coefficient (Wildman–Crippen LogP) is 1.77. The molecule has 0 saturated carbocycles. The second-order valence-electron chi connectivity index (χ2n) is 5.26. The number of fused-ring (bicyclic) bond motifs is 1. The van der Waals surface area contributed by atoms with Crippen LogP contribution in [0.4, 0.5) is 5.69 Å². The first-order valence-corrected chi connectivity index (χ1v) is 7.58. The SMILES string of the molecule is CCC1CNc2cc(C(=O)CN(CC)CCO)ccc2O1. The van der Waals surface area contributed by atoms with Gasteiger partial charge >= 0.3 is 0 Å². The number of likely N-dealkylation sites (N-methyl/N-ethyl adjacent to an activating group) is 1. The number of carbonyl (C=O) groups is 1. The maximum Gasteiger partial charge on any atom is 0.176 e. The monoisotopic (exact) mass is 292 g/mol. The lowest BCUT2D eigenvalue weighted by Gasteiger charge is -2.27. The molecular formula is C16H24N2O3. The van der Waals surface area contributed by atoms with Crippen molar-refractivity contribution in [2.75, 3.05) is 38.1 Å². The molecule has 1 aliphatic rings. The van der Waals surface area contributed by atoms with E-state index in [2.05, 4.69) is 12.2 Å². The zero-order valence-corrected chi connectivity index (χ0v) is 12.8. The van der Waals surface area contributed by atoms with Crippen molar-refractivity contribution >= 4 is 11.5 Å². The number of Topliss-reactive ketones (excluding diaryl/α,β-unsaturated/α-hetero) is 1. The average molecular weight is 292 g/mol. The molecule has 1 aromatic carbocycles. The molecule has 1 atom stereocenters. The third kappa shape index (κ3) is 3.95. The minimum absolute atomic E-state index is 0.0625. The summed E-state index contributed by atoms with van der Waals surface area (Å²) in [7, 11) is 0. The van der Waals surface area contributed by atoms with E-state index in [1.54, 1.807) is 0 Å². The molecule has 0 bridgehead atoms. The van der Waals surface area contributed by atoms with Crippen LogP contribution in [0.2, 0.25) is 0 Å². The highest BCUT2D eigenvalue weighted by Crippen LogP contribution is 2.30. The van der Waals surface area contributed by atoms with Crippen molar-refractivity contribution in [3.63, 3.8) is 0 Å². The standard InChI is InChI=1S/C16H24N2O3/c1-3-13-10-17-14-9-12(5-6-16(14)21-13)15(20)11-18(4-2)7-8-19/h5-6,9,13,17,19H,3-4,7-8,10-11H2,1-2H3. The maximum absolute atomic E-state index is 12.3. The summed E-state index contributed by atoms with van der Waals surface area (Å²) in [5.74, 6) is 0.875. The Morgan fingerprint density at radius 3 is 2.95 bits per heavy atom. The first-order valence-electron chi connectivity index (χ1n) is 7.58. The summed E-state index contributed by atoms with van der Waals surface area (Å²) in [6.45, 7) is 6.51. The Balaban J connectivity index is 2.06. The summed E-state index contributed by atoms with van der Waals surface area (Å²) in [5, 5.41) is 12.3. The predicted molar refractivity (Wildman–Crippen MR) is 83.2 cm³/mol. The molecule has 5 nitrogen and oxygen atoms in total. The summed E-state index contributed by atoms with van der Waals surface area (Å²) in [5.41, 5.74) is 1.56. The van der Waals surface area contributed by atoms with Crippen LogP contribution in [0.5, 0.6) is 5.75 Å². The van der Waals surface area contributed by atoms with Crippen molar-refractivity contribution in [2.24, 2.45) is 0 Å². The molecule has 1 aromatic rings. The second kappa shape index (κ2) is 7.43. The van der Waals surface area contributed by atoms with Gasteiger partial charge in [0.2, 0.25) is 0 Å². The first-order chi connectivity index (χ1) is 10.2. The molecule has 2 rings (SSSR count). The van der Waals surface area contributed by atoms with Gasteiger partial charge in [0.05, 0.1) is 25.4 Å². The molecule has 1 aliphatic heterocycles. The summed E-state index contributed by atoms with van der Waals surface area (Å²) in [6.07, 6.45) is 1.15. The first kappa shape index (κ1) is 15.8. The molecule has 0 saturated heterocycles. The molecule has 0 spiro atoms. The van der Waals surface area contributed by atoms with Gasteiger partial charge in [-0.05, 0) is 31.2 Å². The van der Waals surface area contributed by atoms with Gasteiger partial charge in [0.25, 0.3) is 0 Å². The Hall–Kier alpha value is -1.59. The second-order valence-corrected chi connectivity index (χ2v) is 5.26. The number of nitrogens with zero attached hydrogens (tertiary/aromatic N) is 1. The number of aliphatic hydroxyl groups excluding tert-OH is 1. The molecule has 0 fully saturated rings. The van der Waals surface area contributed by atoms with Gasteiger partial charge in [0, 0.05) is 12.1 Å². The van der Waals surface area contributed by atoms with E-state index in [0.717, 1.165) is 30.9 Å². The Kier molecular flexibility index (Phi) is 5.59. The number of ketones is 1. The van der Waals surface area contributed by atoms with Crippen LogP contribution in [-0.2, 0) is 0 Å². The molecule has 0 radical (unpaired) electrons. The Morgan fingerprint density at radius 2 is 2.29 bits per heavy atom. The van der Waals surface area contributed by atoms with Crippen molar-refractivity contribution in [1.29, 1.82) is 0 Å². The van der Waals surface area contributed by atoms with Crippen LogP contribution in [0.3, 0.4) is 0 Å². The van der Waals surface area contributed by atoms with Crippen LogP contribution < -0.4 is 10.1 Å². The Morgan fingerprint density at radius 1 is 1.48 bits per heavy atom. The molecule has 21 heavy (non-hydrogen) atoms. The highest BCUT2D eigenvalue weighted by molar-refractivity contribution is 5.98. The Bertz CT molecular complexity index is 490. The highest BCUT2D eigenvalue weighted by atomic mass is 16.5. The average Bonchev–Trinajstić information content (AvgIpc) is 2.53. The number of hydrogen-bond acceptors (Lipinski definition) is 5. The van der Waals surface area contributed by atoms with Crippen molar-refractivity contribution in [2.45, 2.75) is 26.4 Å². The normalized spacial score (nSPS) is 17.0. The maximum atomic E-state index is 12.3. The molecular weight excluding hydrogens is 268 g/mol. The minimum Gasteiger partial charge on any atom is -0.486 e. The van der Waals surface area contributed by atoms with E-state index < -0.39 is 0 Å². The van der Waals surface area contributed by atoms with Crippen LogP contribution in [0.1, 0.15) is 30.6 Å². The lowest BCUT2D eigenvalue weighted by atomic mass is 10.1. The van der Waals surface area contributed by atoms with Gasteiger partial charge in [0.15, 0.2) is 5.78 Å². The number of rotatable bonds is 7. The van der Waals surface area contributed by atoms with E-state index >= 15 is 0 Å². The molecule has 5 heteroatoms. The third-order valence-electron chi connectivity index (χ3n) is 3.80. The molecule has 0 amide bonds. The summed E-state index contributed by atoms with van der Waals surface area (Å²) in [6, 6.07) is 5.53. The minimum atomic E-state index is 0.0625. The van der Waals surface area contributed by atoms with Crippen molar-refractivity contribution in [3.8, 4) is 5.75 Å². The van der Waals surface area contributed by atoms with E-state index in [1.807, 2.05) is 30.0 Å². The largest absolute Gasteiger partial charge is 0.486 e. The van der Waals surface area contributed by atoms with Gasteiger partial charge in [-0.1, -0.05) is 13.8 Å². The van der Waals surface area contributed by atoms with Crippen molar-refractivity contribution < 1.29 is 14.6 Å². The van der Waals surface area contributed by atoms with E-state index in [4.69, 9.17) is 9.84 Å². The molecule has 0 aromatic heterocycles. The number of aliphatic hydroxyl groups is 1. The van der Waals surface area contributed by atoms with Crippen molar-refractivity contribution in [3.05, 3.63) is 23.8 Å². The number of hydrogen-bond donors (Lipinski definition) is 2. The van der Waals surface area contributed by atoms with Gasteiger partial charge in [-0.15, -0.1) is 0 Å². The van der Waals surface area contributed by atoms with Gasteiger partial charge in [0.1, 0.15) is 11.9 Å². The lowest BCUT2D eigenvalue weighted by Crippen LogP contribution is -2.32. The molecule has 2 N–H and O–H groups in total. The van der Waals surface area contributed by atoms with Crippen LogP contribution >= 0.6 is 0 Å². The van der Waals surface area contributed by atoms with Crippen molar-refractivity contribution in [1.82, 2.24) is 4.90 Å². The van der Waals surface area contributed by atoms with E-state index in [9.17, 15) is 4.79 Å². The van der Waals surface area contributed by atoms with Gasteiger partial charge in [-0.25, -0.2) is 0 Å². The van der Waals surface area contributed by atoms with E-state index in [-0.39, 0.29) is 18.5 Å². The zero-order chi connectivity index (χ0) is 15.2. The van der Waals surface area contributed by atoms with Crippen LogP contribution in [0.15, 0.2) is 18.2 Å². The summed E-state index contributed by atoms with van der Waals surface area (Å²) < 4.78 is 5.84. The van der Waals surface area contributed by atoms with Crippen LogP contribution in [0, 0.1) is 0 Å². The molecule has 1 heterocycles. The molecule has 116 valence electrons. The quantitative estimate of drug-likeness (QED) is 0.750. The molecule has 1 unspecified atom stereocenters. The van der Waals surface area contributed by atoms with E-state index in [1.165, 1.54) is 0 Å². The zero-order valence-electron chi connectivity index (χ0n) is 12.8. The number of carbonyl (C=O) groups excluding carboxylic acids is 1. The fraction of sp³-hybridized carbons (Fsp3) is 0.562. The lowest BCUT2D eigenvalue weighted by molar-refractivity contribution is 0.0919. The third-order valence-corrected chi connectivity index (χ3v) is 3.80.